The highest BCUT2D eigenvalue weighted by Gasteiger charge is 2.18. The van der Waals surface area contributed by atoms with Crippen LogP contribution in [0.15, 0.2) is 65.8 Å². The first-order valence-electron chi connectivity index (χ1n) is 7.38. The molecule has 0 heterocycles. The number of azo groups is 2. The lowest BCUT2D eigenvalue weighted by molar-refractivity contribution is -0.476. The van der Waals surface area contributed by atoms with E-state index < -0.39 is 0 Å². The fraction of sp³-hybridized carbons (Fsp3) is 0.158. The first-order valence-corrected chi connectivity index (χ1v) is 7.38. The van der Waals surface area contributed by atoms with E-state index in [1.165, 1.54) is 0 Å². The number of para-hydroxylation sites is 1. The Hall–Kier alpha value is -2.88. The van der Waals surface area contributed by atoms with Crippen LogP contribution in [0.25, 0.3) is 10.8 Å². The van der Waals surface area contributed by atoms with Crippen molar-refractivity contribution in [3.8, 4) is 11.5 Å². The molecule has 0 aliphatic rings. The van der Waals surface area contributed by atoms with Crippen LogP contribution in [-0.4, -0.2) is 26.0 Å². The molecular weight excluding hydrogens is 288 g/mol. The van der Waals surface area contributed by atoms with Gasteiger partial charge in [-0.2, -0.15) is 0 Å². The summed E-state index contributed by atoms with van der Waals surface area (Å²) in [4.78, 5) is 0. The molecule has 0 saturated heterocycles. The fourth-order valence-electron chi connectivity index (χ4n) is 2.63. The molecule has 0 spiro atoms. The summed E-state index contributed by atoms with van der Waals surface area (Å²) in [7, 11) is 5.23. The minimum absolute atomic E-state index is 0.735. The summed E-state index contributed by atoms with van der Waals surface area (Å²) in [5.74, 6) is 1.54. The normalized spacial score (nSPS) is 11.5. The maximum Gasteiger partial charge on any atom is 0.273 e. The van der Waals surface area contributed by atoms with Crippen LogP contribution in [-0.2, 0) is 0 Å². The Morgan fingerprint density at radius 3 is 2.35 bits per heavy atom. The standard InChI is InChI=1S/C19H19N2O2/c1-21(20-16-10-6-7-11-18(16)22-2)17-13-12-14-8-4-5-9-15(14)19(17)23-3/h4-13H,1-3H3/q+1. The lowest BCUT2D eigenvalue weighted by Gasteiger charge is -2.07. The van der Waals surface area contributed by atoms with Gasteiger partial charge >= 0.3 is 0 Å². The predicted molar refractivity (Wildman–Crippen MR) is 91.4 cm³/mol. The largest absolute Gasteiger partial charge is 0.494 e. The minimum Gasteiger partial charge on any atom is -0.494 e. The van der Waals surface area contributed by atoms with Gasteiger partial charge in [-0.25, -0.2) is 0 Å². The summed E-state index contributed by atoms with van der Waals surface area (Å²) in [6.07, 6.45) is 0. The molecule has 3 aromatic rings. The molecule has 23 heavy (non-hydrogen) atoms. The maximum atomic E-state index is 5.64. The van der Waals surface area contributed by atoms with Gasteiger partial charge in [0.2, 0.25) is 5.75 Å². The molecule has 0 bridgehead atoms. The zero-order chi connectivity index (χ0) is 16.2. The molecule has 0 fully saturated rings. The zero-order valence-corrected chi connectivity index (χ0v) is 13.5. The van der Waals surface area contributed by atoms with E-state index >= 15 is 0 Å². The van der Waals surface area contributed by atoms with Crippen molar-refractivity contribution in [3.63, 3.8) is 0 Å². The molecule has 0 aliphatic heterocycles. The van der Waals surface area contributed by atoms with E-state index in [4.69, 9.17) is 9.47 Å². The molecule has 0 aliphatic carbocycles. The topological polar surface area (TPSA) is 33.8 Å². The summed E-state index contributed by atoms with van der Waals surface area (Å²) in [6, 6.07) is 19.9. The Bertz CT molecular complexity index is 872. The number of benzene rings is 3. The van der Waals surface area contributed by atoms with Crippen LogP contribution >= 0.6 is 0 Å². The highest BCUT2D eigenvalue weighted by molar-refractivity contribution is 5.91. The maximum absolute atomic E-state index is 5.64. The predicted octanol–water partition coefficient (Wildman–Crippen LogP) is 4.91. The molecule has 0 amide bonds. The van der Waals surface area contributed by atoms with E-state index in [2.05, 4.69) is 23.3 Å². The van der Waals surface area contributed by atoms with Crippen LogP contribution < -0.4 is 9.47 Å². The summed E-state index contributed by atoms with van der Waals surface area (Å²) < 4.78 is 12.8. The van der Waals surface area contributed by atoms with Crippen LogP contribution in [0.5, 0.6) is 11.5 Å². The van der Waals surface area contributed by atoms with Crippen LogP contribution in [0, 0.1) is 0 Å². The molecule has 3 aromatic carbocycles. The van der Waals surface area contributed by atoms with Crippen molar-refractivity contribution in [2.75, 3.05) is 21.3 Å². The molecular formula is C19H19N2O2+. The van der Waals surface area contributed by atoms with Gasteiger partial charge < -0.3 is 9.47 Å². The minimum atomic E-state index is 0.735. The van der Waals surface area contributed by atoms with Gasteiger partial charge in [-0.3, -0.25) is 0 Å². The lowest BCUT2D eigenvalue weighted by Crippen LogP contribution is -1.98. The van der Waals surface area contributed by atoms with Crippen molar-refractivity contribution in [2.24, 2.45) is 5.11 Å². The van der Waals surface area contributed by atoms with Crippen molar-refractivity contribution in [1.29, 1.82) is 0 Å². The molecule has 0 saturated carbocycles. The Morgan fingerprint density at radius 2 is 1.57 bits per heavy atom. The van der Waals surface area contributed by atoms with Crippen molar-refractivity contribution >= 4 is 22.1 Å². The van der Waals surface area contributed by atoms with Crippen LogP contribution in [0.3, 0.4) is 0 Å². The highest BCUT2D eigenvalue weighted by Crippen LogP contribution is 2.36. The summed E-state index contributed by atoms with van der Waals surface area (Å²) in [5.41, 5.74) is 1.67. The van der Waals surface area contributed by atoms with E-state index in [-0.39, 0.29) is 0 Å². The summed E-state index contributed by atoms with van der Waals surface area (Å²) in [5, 5.41) is 6.85. The van der Waals surface area contributed by atoms with E-state index in [1.54, 1.807) is 14.2 Å². The Labute approximate surface area is 135 Å². The van der Waals surface area contributed by atoms with Gasteiger partial charge in [-0.15, -0.1) is 0 Å². The SMILES string of the molecule is COc1ccccc1N=[N+](C)c1ccc2ccccc2c1OC. The Balaban J connectivity index is 2.14. The van der Waals surface area contributed by atoms with Crippen molar-refractivity contribution < 1.29 is 14.2 Å². The smallest absolute Gasteiger partial charge is 0.273 e. The molecule has 4 heteroatoms. The quantitative estimate of drug-likeness (QED) is 0.506. The van der Waals surface area contributed by atoms with Crippen molar-refractivity contribution in [1.82, 2.24) is 0 Å². The van der Waals surface area contributed by atoms with Crippen LogP contribution in [0.4, 0.5) is 11.4 Å². The second-order valence-corrected chi connectivity index (χ2v) is 5.13. The molecule has 3 rings (SSSR count). The van der Waals surface area contributed by atoms with E-state index in [1.807, 2.05) is 54.2 Å². The molecule has 0 aromatic heterocycles. The summed E-state index contributed by atoms with van der Waals surface area (Å²) >= 11 is 0. The number of methoxy groups -OCH3 is 2. The number of ether oxygens (including phenoxy) is 2. The molecule has 116 valence electrons. The third kappa shape index (κ3) is 2.88. The lowest BCUT2D eigenvalue weighted by atomic mass is 10.1. The van der Waals surface area contributed by atoms with Gasteiger partial charge in [0.05, 0.1) is 14.2 Å². The van der Waals surface area contributed by atoms with Crippen molar-refractivity contribution in [2.45, 2.75) is 0 Å². The molecule has 0 atom stereocenters. The van der Waals surface area contributed by atoms with Crippen LogP contribution in [0.1, 0.15) is 0 Å². The fourth-order valence-corrected chi connectivity index (χ4v) is 2.63. The van der Waals surface area contributed by atoms with Gasteiger partial charge in [0.1, 0.15) is 0 Å². The third-order valence-corrected chi connectivity index (χ3v) is 3.75. The van der Waals surface area contributed by atoms with Crippen molar-refractivity contribution in [3.05, 3.63) is 60.7 Å². The van der Waals surface area contributed by atoms with E-state index in [0.29, 0.717) is 0 Å². The number of rotatable bonds is 4. The Morgan fingerprint density at radius 1 is 0.826 bits per heavy atom. The third-order valence-electron chi connectivity index (χ3n) is 3.75. The Kier molecular flexibility index (Phi) is 4.24. The zero-order valence-electron chi connectivity index (χ0n) is 13.5. The second-order valence-electron chi connectivity index (χ2n) is 5.13. The van der Waals surface area contributed by atoms with E-state index in [9.17, 15) is 0 Å². The van der Waals surface area contributed by atoms with Gasteiger partial charge in [-0.1, -0.05) is 41.1 Å². The number of nitrogens with zero attached hydrogens (tertiary/aromatic N) is 2. The average molecular weight is 307 g/mol. The number of hydrogen-bond acceptors (Lipinski definition) is 3. The molecule has 0 radical (unpaired) electrons. The first-order chi connectivity index (χ1) is 11.2. The average Bonchev–Trinajstić information content (AvgIpc) is 2.61. The van der Waals surface area contributed by atoms with Gasteiger partial charge in [0.15, 0.2) is 18.5 Å². The molecule has 0 unspecified atom stereocenters. The van der Waals surface area contributed by atoms with Gasteiger partial charge in [0.25, 0.3) is 5.69 Å². The second kappa shape index (κ2) is 6.48. The number of fused-ring (bicyclic) bond motifs is 1. The van der Waals surface area contributed by atoms with E-state index in [0.717, 1.165) is 33.6 Å². The monoisotopic (exact) mass is 307 g/mol. The van der Waals surface area contributed by atoms with Gasteiger partial charge in [0, 0.05) is 16.6 Å². The first kappa shape index (κ1) is 15.0. The van der Waals surface area contributed by atoms with Crippen LogP contribution in [0.2, 0.25) is 0 Å². The molecule has 4 nitrogen and oxygen atoms in total. The highest BCUT2D eigenvalue weighted by atomic mass is 16.5. The summed E-state index contributed by atoms with van der Waals surface area (Å²) in [6.45, 7) is 0. The molecule has 0 N–H and O–H groups in total. The number of hydrogen-bond donors (Lipinski definition) is 0. The van der Waals surface area contributed by atoms with Gasteiger partial charge in [-0.05, 0) is 23.6 Å².